The van der Waals surface area contributed by atoms with Crippen LogP contribution < -0.4 is 0 Å². The lowest BCUT2D eigenvalue weighted by Crippen LogP contribution is -2.15. The van der Waals surface area contributed by atoms with Crippen LogP contribution in [0.2, 0.25) is 0 Å². The molecule has 0 saturated heterocycles. The van der Waals surface area contributed by atoms with Crippen molar-refractivity contribution in [2.24, 2.45) is 0 Å². The summed E-state index contributed by atoms with van der Waals surface area (Å²) >= 11 is 0. The Morgan fingerprint density at radius 2 is 2.28 bits per heavy atom. The lowest BCUT2D eigenvalue weighted by Gasteiger charge is -2.07. The van der Waals surface area contributed by atoms with E-state index in [9.17, 15) is 4.79 Å². The summed E-state index contributed by atoms with van der Waals surface area (Å²) in [5.41, 5.74) is 0.978. The third-order valence-corrected chi connectivity index (χ3v) is 2.46. The van der Waals surface area contributed by atoms with E-state index in [-0.39, 0.29) is 5.82 Å². The molecule has 2 heterocycles. The van der Waals surface area contributed by atoms with Gasteiger partial charge in [-0.25, -0.2) is 4.79 Å². The normalized spacial score (nSPS) is 10.3. The maximum atomic E-state index is 11.7. The van der Waals surface area contributed by atoms with Gasteiger partial charge in [0, 0.05) is 12.4 Å². The van der Waals surface area contributed by atoms with Gasteiger partial charge in [0.15, 0.2) is 0 Å². The van der Waals surface area contributed by atoms with Gasteiger partial charge in [0.1, 0.15) is 5.82 Å². The summed E-state index contributed by atoms with van der Waals surface area (Å²) in [5, 5.41) is 7.76. The Bertz CT molecular complexity index is 536. The fourth-order valence-electron chi connectivity index (χ4n) is 1.59. The van der Waals surface area contributed by atoms with Crippen LogP contribution in [0.4, 0.5) is 0 Å². The molecule has 0 atom stereocenters. The molecule has 18 heavy (non-hydrogen) atoms. The van der Waals surface area contributed by atoms with Crippen molar-refractivity contribution in [2.75, 3.05) is 6.61 Å². The monoisotopic (exact) mass is 246 g/mol. The van der Waals surface area contributed by atoms with Gasteiger partial charge in [0.05, 0.1) is 13.2 Å². The highest BCUT2D eigenvalue weighted by Gasteiger charge is 2.17. The number of aromatic nitrogens is 4. The van der Waals surface area contributed by atoms with Gasteiger partial charge in [0.2, 0.25) is 5.82 Å². The second-order valence-electron chi connectivity index (χ2n) is 3.74. The van der Waals surface area contributed by atoms with Crippen molar-refractivity contribution in [3.8, 4) is 0 Å². The molecule has 0 radical (unpaired) electrons. The predicted octanol–water partition coefficient (Wildman–Crippen LogP) is 1.21. The first-order valence-corrected chi connectivity index (χ1v) is 5.68. The summed E-state index contributed by atoms with van der Waals surface area (Å²) in [7, 11) is 0. The molecule has 0 aliphatic rings. The Morgan fingerprint density at radius 3 is 2.94 bits per heavy atom. The van der Waals surface area contributed by atoms with Crippen LogP contribution in [0.1, 0.15) is 28.9 Å². The van der Waals surface area contributed by atoms with E-state index in [4.69, 9.17) is 4.74 Å². The molecular formula is C12H14N4O2. The second-order valence-corrected chi connectivity index (χ2v) is 3.74. The van der Waals surface area contributed by atoms with E-state index >= 15 is 0 Å². The molecule has 0 aliphatic heterocycles. The number of hydrogen-bond acceptors (Lipinski definition) is 5. The molecule has 2 rings (SSSR count). The number of rotatable bonds is 4. The van der Waals surface area contributed by atoms with Gasteiger partial charge in [-0.3, -0.25) is 4.98 Å². The average Bonchev–Trinajstić information content (AvgIpc) is 2.73. The van der Waals surface area contributed by atoms with Crippen LogP contribution >= 0.6 is 0 Å². The van der Waals surface area contributed by atoms with Crippen LogP contribution in [0.5, 0.6) is 0 Å². The minimum absolute atomic E-state index is 0.221. The third-order valence-electron chi connectivity index (χ3n) is 2.46. The lowest BCUT2D eigenvalue weighted by atomic mass is 10.3. The van der Waals surface area contributed by atoms with Crippen LogP contribution in [0.15, 0.2) is 24.5 Å². The van der Waals surface area contributed by atoms with Gasteiger partial charge in [0.25, 0.3) is 0 Å². The van der Waals surface area contributed by atoms with Crippen LogP contribution in [0, 0.1) is 6.92 Å². The van der Waals surface area contributed by atoms with Gasteiger partial charge in [-0.15, -0.1) is 10.2 Å². The number of esters is 1. The maximum absolute atomic E-state index is 11.7. The summed E-state index contributed by atoms with van der Waals surface area (Å²) in [6, 6.07) is 3.78. The molecule has 0 N–H and O–H groups in total. The standard InChI is InChI=1S/C12H14N4O2/c1-3-18-12(17)11-15-14-9(2)16(11)8-10-5-4-6-13-7-10/h4-7H,3,8H2,1-2H3. The molecule has 6 nitrogen and oxygen atoms in total. The first kappa shape index (κ1) is 12.2. The molecule has 0 saturated carbocycles. The highest BCUT2D eigenvalue weighted by atomic mass is 16.5. The Kier molecular flexibility index (Phi) is 3.66. The number of aryl methyl sites for hydroxylation is 1. The molecule has 94 valence electrons. The smallest absolute Gasteiger partial charge is 0.376 e. The van der Waals surface area contributed by atoms with E-state index in [1.165, 1.54) is 0 Å². The van der Waals surface area contributed by atoms with Crippen LogP contribution in [-0.2, 0) is 11.3 Å². The zero-order chi connectivity index (χ0) is 13.0. The Labute approximate surface area is 105 Å². The maximum Gasteiger partial charge on any atom is 0.376 e. The van der Waals surface area contributed by atoms with Crippen molar-refractivity contribution >= 4 is 5.97 Å². The van der Waals surface area contributed by atoms with Gasteiger partial charge in [-0.05, 0) is 25.5 Å². The Hall–Kier alpha value is -2.24. The quantitative estimate of drug-likeness (QED) is 0.758. The SMILES string of the molecule is CCOC(=O)c1nnc(C)n1Cc1cccnc1. The third kappa shape index (κ3) is 2.53. The van der Waals surface area contributed by atoms with E-state index in [2.05, 4.69) is 15.2 Å². The molecular weight excluding hydrogens is 232 g/mol. The van der Waals surface area contributed by atoms with Crippen LogP contribution in [-0.4, -0.2) is 32.3 Å². The van der Waals surface area contributed by atoms with Crippen LogP contribution in [0.25, 0.3) is 0 Å². The Morgan fingerprint density at radius 1 is 1.44 bits per heavy atom. The number of ether oxygens (including phenoxy) is 1. The van der Waals surface area contributed by atoms with Crippen LogP contribution in [0.3, 0.4) is 0 Å². The fourth-order valence-corrected chi connectivity index (χ4v) is 1.59. The number of nitrogens with zero attached hydrogens (tertiary/aromatic N) is 4. The van der Waals surface area contributed by atoms with Crippen molar-refractivity contribution in [3.05, 3.63) is 41.7 Å². The van der Waals surface area contributed by atoms with Crippen molar-refractivity contribution in [1.82, 2.24) is 19.7 Å². The summed E-state index contributed by atoms with van der Waals surface area (Å²) in [5.74, 6) is 0.432. The number of carbonyl (C=O) groups excluding carboxylic acids is 1. The highest BCUT2D eigenvalue weighted by molar-refractivity contribution is 5.85. The summed E-state index contributed by atoms with van der Waals surface area (Å²) < 4.78 is 6.66. The van der Waals surface area contributed by atoms with E-state index in [1.807, 2.05) is 12.1 Å². The van der Waals surface area contributed by atoms with Gasteiger partial charge in [-0.1, -0.05) is 6.07 Å². The molecule has 0 spiro atoms. The molecule has 0 bridgehead atoms. The molecule has 6 heteroatoms. The fraction of sp³-hybridized carbons (Fsp3) is 0.333. The van der Waals surface area contributed by atoms with Crippen molar-refractivity contribution < 1.29 is 9.53 Å². The van der Waals surface area contributed by atoms with Crippen molar-refractivity contribution in [1.29, 1.82) is 0 Å². The van der Waals surface area contributed by atoms with E-state index < -0.39 is 5.97 Å². The summed E-state index contributed by atoms with van der Waals surface area (Å²) in [4.78, 5) is 15.7. The van der Waals surface area contributed by atoms with E-state index in [0.717, 1.165) is 5.56 Å². The molecule has 0 amide bonds. The number of pyridine rings is 1. The first-order chi connectivity index (χ1) is 8.72. The van der Waals surface area contributed by atoms with Gasteiger partial charge in [-0.2, -0.15) is 0 Å². The second kappa shape index (κ2) is 5.39. The molecule has 2 aromatic heterocycles. The van der Waals surface area contributed by atoms with Gasteiger partial charge >= 0.3 is 5.97 Å². The topological polar surface area (TPSA) is 69.9 Å². The summed E-state index contributed by atoms with van der Waals surface area (Å²) in [6.45, 7) is 4.37. The largest absolute Gasteiger partial charge is 0.460 e. The molecule has 0 unspecified atom stereocenters. The molecule has 2 aromatic rings. The zero-order valence-electron chi connectivity index (χ0n) is 10.3. The van der Waals surface area contributed by atoms with E-state index in [0.29, 0.717) is 19.0 Å². The van der Waals surface area contributed by atoms with Crippen molar-refractivity contribution in [2.45, 2.75) is 20.4 Å². The number of carbonyl (C=O) groups is 1. The first-order valence-electron chi connectivity index (χ1n) is 5.68. The molecule has 0 aromatic carbocycles. The van der Waals surface area contributed by atoms with Gasteiger partial charge < -0.3 is 9.30 Å². The zero-order valence-corrected chi connectivity index (χ0v) is 10.3. The number of hydrogen-bond donors (Lipinski definition) is 0. The lowest BCUT2D eigenvalue weighted by molar-refractivity contribution is 0.0506. The minimum atomic E-state index is -0.456. The minimum Gasteiger partial charge on any atom is -0.460 e. The predicted molar refractivity (Wildman–Crippen MR) is 64.1 cm³/mol. The molecule has 0 fully saturated rings. The van der Waals surface area contributed by atoms with Crippen molar-refractivity contribution in [3.63, 3.8) is 0 Å². The Balaban J connectivity index is 2.27. The molecule has 0 aliphatic carbocycles. The summed E-state index contributed by atoms with van der Waals surface area (Å²) in [6.07, 6.45) is 3.45. The highest BCUT2D eigenvalue weighted by Crippen LogP contribution is 2.07. The van der Waals surface area contributed by atoms with E-state index in [1.54, 1.807) is 30.8 Å². The average molecular weight is 246 g/mol.